The van der Waals surface area contributed by atoms with E-state index in [0.717, 1.165) is 17.8 Å². The Morgan fingerprint density at radius 3 is 0.962 bits per heavy atom. The van der Waals surface area contributed by atoms with Crippen LogP contribution in [0.4, 0.5) is 0 Å². The molecule has 0 aromatic carbocycles. The maximum Gasteiger partial charge on any atom is -0.0443 e. The van der Waals surface area contributed by atoms with E-state index in [1.807, 2.05) is 0 Å². The van der Waals surface area contributed by atoms with Crippen LogP contribution in [0.15, 0.2) is 0 Å². The zero-order valence-electron chi connectivity index (χ0n) is 19.5. The summed E-state index contributed by atoms with van der Waals surface area (Å²) in [4.78, 5) is 0. The third kappa shape index (κ3) is 18.8. The standard InChI is InChI=1S/C26H54/c1-6-8-10-12-14-16-18-24(3)20-22-26(5)23-21-25(4)19-17-15-13-11-9-7-2/h24-26H,6-23H2,1-5H3. The van der Waals surface area contributed by atoms with Crippen molar-refractivity contribution < 1.29 is 0 Å². The van der Waals surface area contributed by atoms with Crippen molar-refractivity contribution in [3.63, 3.8) is 0 Å². The highest BCUT2D eigenvalue weighted by atomic mass is 14.2. The van der Waals surface area contributed by atoms with Gasteiger partial charge in [-0.25, -0.2) is 0 Å². The fourth-order valence-electron chi connectivity index (χ4n) is 4.12. The molecule has 0 aliphatic heterocycles. The van der Waals surface area contributed by atoms with Gasteiger partial charge in [0.15, 0.2) is 0 Å². The van der Waals surface area contributed by atoms with Crippen LogP contribution in [-0.4, -0.2) is 0 Å². The first-order valence-electron chi connectivity index (χ1n) is 12.6. The van der Waals surface area contributed by atoms with E-state index >= 15 is 0 Å². The summed E-state index contributed by atoms with van der Waals surface area (Å²) in [6, 6.07) is 0. The van der Waals surface area contributed by atoms with E-state index in [4.69, 9.17) is 0 Å². The summed E-state index contributed by atoms with van der Waals surface area (Å²) in [6.45, 7) is 12.1. The minimum atomic E-state index is 0.939. The van der Waals surface area contributed by atoms with Crippen LogP contribution in [0, 0.1) is 17.8 Å². The summed E-state index contributed by atoms with van der Waals surface area (Å²) in [5.74, 6) is 2.84. The van der Waals surface area contributed by atoms with Gasteiger partial charge in [-0.15, -0.1) is 0 Å². The second-order valence-corrected chi connectivity index (χ2v) is 9.58. The molecule has 0 bridgehead atoms. The fourth-order valence-corrected chi connectivity index (χ4v) is 4.12. The van der Waals surface area contributed by atoms with Crippen molar-refractivity contribution in [1.82, 2.24) is 0 Å². The number of unbranched alkanes of at least 4 members (excludes halogenated alkanes) is 10. The lowest BCUT2D eigenvalue weighted by molar-refractivity contribution is 0.351. The van der Waals surface area contributed by atoms with Crippen LogP contribution in [0.2, 0.25) is 0 Å². The van der Waals surface area contributed by atoms with Crippen LogP contribution >= 0.6 is 0 Å². The van der Waals surface area contributed by atoms with Crippen LogP contribution in [0.5, 0.6) is 0 Å². The lowest BCUT2D eigenvalue weighted by Gasteiger charge is -2.18. The van der Waals surface area contributed by atoms with Crippen molar-refractivity contribution >= 4 is 0 Å². The zero-order chi connectivity index (χ0) is 19.5. The fraction of sp³-hybridized carbons (Fsp3) is 1.00. The molecule has 26 heavy (non-hydrogen) atoms. The molecule has 0 spiro atoms. The van der Waals surface area contributed by atoms with Crippen molar-refractivity contribution in [2.24, 2.45) is 17.8 Å². The second-order valence-electron chi connectivity index (χ2n) is 9.58. The van der Waals surface area contributed by atoms with E-state index < -0.39 is 0 Å². The van der Waals surface area contributed by atoms with Crippen molar-refractivity contribution in [2.45, 2.75) is 150 Å². The number of rotatable bonds is 20. The highest BCUT2D eigenvalue weighted by Crippen LogP contribution is 2.24. The van der Waals surface area contributed by atoms with Gasteiger partial charge in [-0.1, -0.05) is 150 Å². The molecular weight excluding hydrogens is 312 g/mol. The maximum absolute atomic E-state index is 2.49. The largest absolute Gasteiger partial charge is 0.0654 e. The predicted molar refractivity (Wildman–Crippen MR) is 122 cm³/mol. The minimum Gasteiger partial charge on any atom is -0.0654 e. The van der Waals surface area contributed by atoms with E-state index in [1.165, 1.54) is 116 Å². The molecule has 0 aromatic rings. The number of hydrogen-bond donors (Lipinski definition) is 0. The monoisotopic (exact) mass is 366 g/mol. The van der Waals surface area contributed by atoms with Crippen LogP contribution in [-0.2, 0) is 0 Å². The molecule has 0 aliphatic rings. The average molecular weight is 367 g/mol. The van der Waals surface area contributed by atoms with E-state index in [-0.39, 0.29) is 0 Å². The SMILES string of the molecule is CCCCCCCCC(C)CCC(C)CCC(C)CCCCCCCC. The van der Waals surface area contributed by atoms with E-state index in [2.05, 4.69) is 34.6 Å². The Labute approximate surface area is 168 Å². The lowest BCUT2D eigenvalue weighted by Crippen LogP contribution is -2.04. The molecule has 0 heteroatoms. The Balaban J connectivity index is 3.47. The van der Waals surface area contributed by atoms with Crippen LogP contribution < -0.4 is 0 Å². The average Bonchev–Trinajstić information content (AvgIpc) is 2.64. The molecule has 0 aromatic heterocycles. The van der Waals surface area contributed by atoms with E-state index in [1.54, 1.807) is 0 Å². The first kappa shape index (κ1) is 26.0. The van der Waals surface area contributed by atoms with Gasteiger partial charge in [-0.05, 0) is 17.8 Å². The van der Waals surface area contributed by atoms with Gasteiger partial charge in [0.1, 0.15) is 0 Å². The second kappa shape index (κ2) is 19.8. The van der Waals surface area contributed by atoms with Gasteiger partial charge in [0.2, 0.25) is 0 Å². The highest BCUT2D eigenvalue weighted by Gasteiger charge is 2.09. The van der Waals surface area contributed by atoms with E-state index in [9.17, 15) is 0 Å². The molecule has 0 rings (SSSR count). The molecule has 0 saturated heterocycles. The van der Waals surface area contributed by atoms with Gasteiger partial charge in [-0.3, -0.25) is 0 Å². The summed E-state index contributed by atoms with van der Waals surface area (Å²) in [7, 11) is 0. The van der Waals surface area contributed by atoms with Gasteiger partial charge >= 0.3 is 0 Å². The smallest absolute Gasteiger partial charge is 0.0443 e. The maximum atomic E-state index is 2.49. The first-order chi connectivity index (χ1) is 12.6. The summed E-state index contributed by atoms with van der Waals surface area (Å²) in [5, 5.41) is 0. The molecule has 0 fully saturated rings. The Morgan fingerprint density at radius 1 is 0.346 bits per heavy atom. The van der Waals surface area contributed by atoms with Crippen LogP contribution in [0.3, 0.4) is 0 Å². The third-order valence-electron chi connectivity index (χ3n) is 6.41. The van der Waals surface area contributed by atoms with Crippen LogP contribution in [0.1, 0.15) is 150 Å². The highest BCUT2D eigenvalue weighted by molar-refractivity contribution is 4.62. The number of hydrogen-bond acceptors (Lipinski definition) is 0. The summed E-state index contributed by atoms with van der Waals surface area (Å²) < 4.78 is 0. The van der Waals surface area contributed by atoms with Crippen molar-refractivity contribution in [3.05, 3.63) is 0 Å². The Kier molecular flexibility index (Phi) is 19.8. The minimum absolute atomic E-state index is 0.939. The molecule has 0 N–H and O–H groups in total. The molecule has 0 heterocycles. The molecule has 0 amide bonds. The van der Waals surface area contributed by atoms with Crippen molar-refractivity contribution in [2.75, 3.05) is 0 Å². The van der Waals surface area contributed by atoms with Crippen molar-refractivity contribution in [3.8, 4) is 0 Å². The van der Waals surface area contributed by atoms with Gasteiger partial charge in [-0.2, -0.15) is 0 Å². The molecule has 0 nitrogen and oxygen atoms in total. The van der Waals surface area contributed by atoms with Crippen LogP contribution in [0.25, 0.3) is 0 Å². The van der Waals surface area contributed by atoms with Gasteiger partial charge in [0, 0.05) is 0 Å². The molecule has 0 aliphatic carbocycles. The Hall–Kier alpha value is 0. The van der Waals surface area contributed by atoms with Crippen molar-refractivity contribution in [1.29, 1.82) is 0 Å². The summed E-state index contributed by atoms with van der Waals surface area (Å²) in [5.41, 5.74) is 0. The Morgan fingerprint density at radius 2 is 0.615 bits per heavy atom. The molecule has 2 atom stereocenters. The van der Waals surface area contributed by atoms with E-state index in [0.29, 0.717) is 0 Å². The van der Waals surface area contributed by atoms with Gasteiger partial charge in [0.05, 0.1) is 0 Å². The molecule has 0 radical (unpaired) electrons. The summed E-state index contributed by atoms with van der Waals surface area (Å²) >= 11 is 0. The molecule has 0 saturated carbocycles. The molecular formula is C26H54. The topological polar surface area (TPSA) is 0 Å². The quantitative estimate of drug-likeness (QED) is 0.188. The first-order valence-corrected chi connectivity index (χ1v) is 12.6. The predicted octanol–water partition coefficient (Wildman–Crippen LogP) is 9.96. The summed E-state index contributed by atoms with van der Waals surface area (Å²) in [6.07, 6.45) is 26.1. The van der Waals surface area contributed by atoms with Gasteiger partial charge in [0.25, 0.3) is 0 Å². The normalized spacial score (nSPS) is 15.1. The molecule has 158 valence electrons. The third-order valence-corrected chi connectivity index (χ3v) is 6.41. The lowest BCUT2D eigenvalue weighted by atomic mass is 9.88. The molecule has 2 unspecified atom stereocenters. The zero-order valence-corrected chi connectivity index (χ0v) is 19.5. The Bertz CT molecular complexity index is 231. The van der Waals surface area contributed by atoms with Gasteiger partial charge < -0.3 is 0 Å².